The molecule has 0 saturated carbocycles. The third-order valence-electron chi connectivity index (χ3n) is 1.38. The van der Waals surface area contributed by atoms with Crippen molar-refractivity contribution in [3.8, 4) is 0 Å². The van der Waals surface area contributed by atoms with E-state index in [0.29, 0.717) is 20.5 Å². The van der Waals surface area contributed by atoms with E-state index < -0.39 is 0 Å². The third kappa shape index (κ3) is 1.88. The summed E-state index contributed by atoms with van der Waals surface area (Å²) in [5, 5.41) is 1.20. The average Bonchev–Trinajstić information content (AvgIpc) is 2.66. The number of nitrogens with two attached hydrogens (primary N) is 1. The Morgan fingerprint density at radius 3 is 2.93 bits per heavy atom. The van der Waals surface area contributed by atoms with Crippen molar-refractivity contribution in [2.45, 2.75) is 10.2 Å². The minimum Gasteiger partial charge on any atom is -0.440 e. The summed E-state index contributed by atoms with van der Waals surface area (Å²) in [7, 11) is 0. The van der Waals surface area contributed by atoms with Crippen LogP contribution >= 0.6 is 27.7 Å². The predicted molar refractivity (Wildman–Crippen MR) is 54.8 cm³/mol. The van der Waals surface area contributed by atoms with Gasteiger partial charge in [-0.25, -0.2) is 15.0 Å². The molecule has 2 heterocycles. The highest BCUT2D eigenvalue weighted by Crippen LogP contribution is 2.32. The first-order chi connectivity index (χ1) is 6.77. The number of oxazole rings is 1. The lowest BCUT2D eigenvalue weighted by atomic mass is 10.6. The number of hydrogen-bond acceptors (Lipinski definition) is 6. The monoisotopic (exact) mass is 272 g/mol. The van der Waals surface area contributed by atoms with Gasteiger partial charge in [-0.05, 0) is 27.7 Å². The molecule has 0 spiro atoms. The topological polar surface area (TPSA) is 77.8 Å². The second kappa shape index (κ2) is 3.97. The molecule has 14 heavy (non-hydrogen) atoms. The van der Waals surface area contributed by atoms with Crippen molar-refractivity contribution in [3.63, 3.8) is 0 Å². The number of nitrogen functional groups attached to an aromatic ring is 1. The molecule has 2 aromatic rings. The molecule has 0 aromatic carbocycles. The maximum atomic E-state index is 5.59. The van der Waals surface area contributed by atoms with E-state index in [-0.39, 0.29) is 0 Å². The van der Waals surface area contributed by atoms with Crippen LogP contribution in [0, 0.1) is 0 Å². The van der Waals surface area contributed by atoms with Gasteiger partial charge >= 0.3 is 0 Å². The molecule has 0 bridgehead atoms. The molecule has 72 valence electrons. The zero-order chi connectivity index (χ0) is 9.97. The van der Waals surface area contributed by atoms with E-state index in [4.69, 9.17) is 10.2 Å². The molecule has 0 aliphatic heterocycles. The van der Waals surface area contributed by atoms with E-state index in [0.717, 1.165) is 0 Å². The second-order valence-electron chi connectivity index (χ2n) is 2.28. The molecule has 0 radical (unpaired) electrons. The van der Waals surface area contributed by atoms with Gasteiger partial charge in [-0.3, -0.25) is 0 Å². The number of rotatable bonds is 2. The van der Waals surface area contributed by atoms with E-state index in [1.165, 1.54) is 24.4 Å². The minimum absolute atomic E-state index is 0.397. The van der Waals surface area contributed by atoms with Gasteiger partial charge in [0, 0.05) is 0 Å². The molecule has 0 fully saturated rings. The van der Waals surface area contributed by atoms with E-state index in [1.54, 1.807) is 6.20 Å². The van der Waals surface area contributed by atoms with Crippen LogP contribution in [-0.4, -0.2) is 15.0 Å². The highest BCUT2D eigenvalue weighted by atomic mass is 79.9. The standard InChI is InChI=1S/C7H5BrN4OS/c8-4-5(9)11-3-12-6(4)14-7-10-1-2-13-7/h1-3H,(H2,9,11,12). The molecular weight excluding hydrogens is 268 g/mol. The normalized spacial score (nSPS) is 10.4. The number of nitrogens with zero attached hydrogens (tertiary/aromatic N) is 3. The number of anilines is 1. The van der Waals surface area contributed by atoms with E-state index >= 15 is 0 Å². The fraction of sp³-hybridized carbons (Fsp3) is 0. The molecule has 2 aromatic heterocycles. The van der Waals surface area contributed by atoms with Crippen LogP contribution in [0.4, 0.5) is 5.82 Å². The second-order valence-corrected chi connectivity index (χ2v) is 4.01. The van der Waals surface area contributed by atoms with Crippen LogP contribution < -0.4 is 5.73 Å². The van der Waals surface area contributed by atoms with Gasteiger partial charge in [-0.15, -0.1) is 0 Å². The summed E-state index contributed by atoms with van der Waals surface area (Å²) in [5.41, 5.74) is 5.59. The predicted octanol–water partition coefficient (Wildman–Crippen LogP) is 1.96. The number of aromatic nitrogens is 3. The van der Waals surface area contributed by atoms with Crippen LogP contribution in [0.2, 0.25) is 0 Å². The highest BCUT2D eigenvalue weighted by molar-refractivity contribution is 9.10. The van der Waals surface area contributed by atoms with Crippen molar-refractivity contribution >= 4 is 33.5 Å². The van der Waals surface area contributed by atoms with E-state index in [9.17, 15) is 0 Å². The fourth-order valence-electron chi connectivity index (χ4n) is 0.781. The Labute approximate surface area is 92.3 Å². The van der Waals surface area contributed by atoms with Gasteiger partial charge in [0.05, 0.1) is 10.7 Å². The van der Waals surface area contributed by atoms with Crippen LogP contribution in [0.1, 0.15) is 0 Å². The fourth-order valence-corrected chi connectivity index (χ4v) is 1.91. The zero-order valence-electron chi connectivity index (χ0n) is 6.85. The molecule has 0 aliphatic rings. The van der Waals surface area contributed by atoms with Crippen LogP contribution in [-0.2, 0) is 0 Å². The van der Waals surface area contributed by atoms with Crippen LogP contribution in [0.5, 0.6) is 0 Å². The Kier molecular flexibility index (Phi) is 2.69. The molecule has 0 aliphatic carbocycles. The molecule has 5 nitrogen and oxygen atoms in total. The number of hydrogen-bond donors (Lipinski definition) is 1. The Balaban J connectivity index is 2.29. The van der Waals surface area contributed by atoms with Gasteiger partial charge < -0.3 is 10.2 Å². The Morgan fingerprint density at radius 1 is 1.36 bits per heavy atom. The Bertz CT molecular complexity index is 433. The first-order valence-corrected chi connectivity index (χ1v) is 5.21. The van der Waals surface area contributed by atoms with Gasteiger partial charge in [0.2, 0.25) is 0 Å². The van der Waals surface area contributed by atoms with Gasteiger partial charge in [-0.2, -0.15) is 0 Å². The summed E-state index contributed by atoms with van der Waals surface area (Å²) < 4.78 is 5.72. The lowest BCUT2D eigenvalue weighted by Gasteiger charge is -2.00. The van der Waals surface area contributed by atoms with Crippen molar-refractivity contribution in [2.75, 3.05) is 5.73 Å². The van der Waals surface area contributed by atoms with E-state index in [1.807, 2.05) is 0 Å². The SMILES string of the molecule is Nc1ncnc(Sc2ncco2)c1Br. The summed E-state index contributed by atoms with van der Waals surface area (Å²) in [5.74, 6) is 0.397. The first kappa shape index (κ1) is 9.47. The van der Waals surface area contributed by atoms with Crippen LogP contribution in [0.15, 0.2) is 37.9 Å². The summed E-state index contributed by atoms with van der Waals surface area (Å²) in [6, 6.07) is 0. The maximum absolute atomic E-state index is 5.59. The van der Waals surface area contributed by atoms with Crippen LogP contribution in [0.25, 0.3) is 0 Å². The molecule has 0 amide bonds. The third-order valence-corrected chi connectivity index (χ3v) is 3.30. The van der Waals surface area contributed by atoms with Crippen molar-refractivity contribution < 1.29 is 4.42 Å². The first-order valence-electron chi connectivity index (χ1n) is 3.60. The summed E-state index contributed by atoms with van der Waals surface area (Å²) >= 11 is 4.56. The molecule has 2 N–H and O–H groups in total. The lowest BCUT2D eigenvalue weighted by Crippen LogP contribution is -1.94. The molecule has 7 heteroatoms. The van der Waals surface area contributed by atoms with Crippen LogP contribution in [0.3, 0.4) is 0 Å². The van der Waals surface area contributed by atoms with Crippen molar-refractivity contribution in [1.29, 1.82) is 0 Å². The average molecular weight is 273 g/mol. The van der Waals surface area contributed by atoms with Gasteiger partial charge in [-0.1, -0.05) is 0 Å². The summed E-state index contributed by atoms with van der Waals surface area (Å²) in [4.78, 5) is 11.8. The molecule has 2 rings (SSSR count). The maximum Gasteiger partial charge on any atom is 0.261 e. The lowest BCUT2D eigenvalue weighted by molar-refractivity contribution is 0.454. The quantitative estimate of drug-likeness (QED) is 0.843. The zero-order valence-corrected chi connectivity index (χ0v) is 9.25. The largest absolute Gasteiger partial charge is 0.440 e. The molecular formula is C7H5BrN4OS. The molecule has 0 atom stereocenters. The Hall–Kier alpha value is -1.08. The van der Waals surface area contributed by atoms with E-state index in [2.05, 4.69) is 30.9 Å². The van der Waals surface area contributed by atoms with Crippen molar-refractivity contribution in [1.82, 2.24) is 15.0 Å². The van der Waals surface area contributed by atoms with Gasteiger partial charge in [0.15, 0.2) is 0 Å². The minimum atomic E-state index is 0.397. The number of halogens is 1. The molecule has 0 saturated heterocycles. The highest BCUT2D eigenvalue weighted by Gasteiger charge is 2.09. The molecule has 0 unspecified atom stereocenters. The van der Waals surface area contributed by atoms with Gasteiger partial charge in [0.1, 0.15) is 23.4 Å². The smallest absolute Gasteiger partial charge is 0.261 e. The van der Waals surface area contributed by atoms with Crippen molar-refractivity contribution in [3.05, 3.63) is 23.3 Å². The summed E-state index contributed by atoms with van der Waals surface area (Å²) in [6.45, 7) is 0. The van der Waals surface area contributed by atoms with Gasteiger partial charge in [0.25, 0.3) is 5.22 Å². The summed E-state index contributed by atoms with van der Waals surface area (Å²) in [6.07, 6.45) is 4.47. The Morgan fingerprint density at radius 2 is 2.21 bits per heavy atom. The van der Waals surface area contributed by atoms with Crippen molar-refractivity contribution in [2.24, 2.45) is 0 Å².